The predicted octanol–water partition coefficient (Wildman–Crippen LogP) is 2.09. The van der Waals surface area contributed by atoms with Gasteiger partial charge in [-0.1, -0.05) is 0 Å². The van der Waals surface area contributed by atoms with Gasteiger partial charge in [0.2, 0.25) is 0 Å². The van der Waals surface area contributed by atoms with Crippen LogP contribution in [-0.4, -0.2) is 29.0 Å². The van der Waals surface area contributed by atoms with E-state index >= 15 is 0 Å². The third-order valence-electron chi connectivity index (χ3n) is 2.60. The average Bonchev–Trinajstić information content (AvgIpc) is 2.87. The van der Waals surface area contributed by atoms with Crippen LogP contribution in [0.5, 0.6) is 5.75 Å². The highest BCUT2D eigenvalue weighted by atomic mass is 19.1. The van der Waals surface area contributed by atoms with Crippen molar-refractivity contribution in [1.29, 1.82) is 0 Å². The van der Waals surface area contributed by atoms with Crippen molar-refractivity contribution in [2.75, 3.05) is 7.11 Å². The van der Waals surface area contributed by atoms with Crippen LogP contribution in [-0.2, 0) is 0 Å². The maximum absolute atomic E-state index is 13.7. The number of carboxylic acid groups (broad SMARTS) is 1. The van der Waals surface area contributed by atoms with E-state index in [0.29, 0.717) is 5.75 Å². The fourth-order valence-corrected chi connectivity index (χ4v) is 1.61. The summed E-state index contributed by atoms with van der Waals surface area (Å²) in [7, 11) is 1.39. The molecule has 1 aromatic carbocycles. The highest BCUT2D eigenvalue weighted by Gasteiger charge is 2.17. The van der Waals surface area contributed by atoms with Crippen LogP contribution in [0.3, 0.4) is 0 Å². The molecule has 1 heterocycles. The Labute approximate surface area is 107 Å². The molecular weight excluding hydrogens is 253 g/mol. The van der Waals surface area contributed by atoms with Gasteiger partial charge in [-0.3, -0.25) is 4.79 Å². The minimum absolute atomic E-state index is 0.0847. The number of aromatic carboxylic acids is 1. The molecule has 2 aromatic rings. The molecule has 0 aliphatic carbocycles. The molecule has 2 N–H and O–H groups in total. The van der Waals surface area contributed by atoms with E-state index in [2.05, 4.69) is 4.98 Å². The molecule has 0 aliphatic heterocycles. The molecular formula is C13H10FNO4. The van der Waals surface area contributed by atoms with Gasteiger partial charge in [-0.25, -0.2) is 9.18 Å². The molecule has 98 valence electrons. The Morgan fingerprint density at radius 2 is 2.05 bits per heavy atom. The summed E-state index contributed by atoms with van der Waals surface area (Å²) in [6, 6.07) is 5.01. The number of H-pyrrole nitrogens is 1. The van der Waals surface area contributed by atoms with Crippen LogP contribution in [0.25, 0.3) is 0 Å². The van der Waals surface area contributed by atoms with E-state index in [4.69, 9.17) is 9.84 Å². The molecule has 0 atom stereocenters. The largest absolute Gasteiger partial charge is 0.497 e. The van der Waals surface area contributed by atoms with Gasteiger partial charge < -0.3 is 14.8 Å². The van der Waals surface area contributed by atoms with E-state index in [9.17, 15) is 14.0 Å². The topological polar surface area (TPSA) is 79.4 Å². The van der Waals surface area contributed by atoms with Crippen molar-refractivity contribution in [3.8, 4) is 5.75 Å². The lowest BCUT2D eigenvalue weighted by molar-refractivity contribution is 0.0691. The molecule has 0 radical (unpaired) electrons. The number of hydrogen-bond acceptors (Lipinski definition) is 3. The number of methoxy groups -OCH3 is 1. The number of aromatic amines is 1. The molecule has 0 amide bonds. The lowest BCUT2D eigenvalue weighted by Crippen LogP contribution is -2.03. The Morgan fingerprint density at radius 1 is 1.32 bits per heavy atom. The van der Waals surface area contributed by atoms with Crippen molar-refractivity contribution >= 4 is 11.8 Å². The van der Waals surface area contributed by atoms with Crippen molar-refractivity contribution in [2.45, 2.75) is 0 Å². The molecule has 1 aromatic heterocycles. The quantitative estimate of drug-likeness (QED) is 0.828. The van der Waals surface area contributed by atoms with Gasteiger partial charge in [-0.2, -0.15) is 0 Å². The number of ketones is 1. The number of carboxylic acids is 1. The van der Waals surface area contributed by atoms with Crippen molar-refractivity contribution < 1.29 is 23.8 Å². The first kappa shape index (κ1) is 12.8. The first-order chi connectivity index (χ1) is 9.02. The molecule has 2 rings (SSSR count). The van der Waals surface area contributed by atoms with E-state index in [1.54, 1.807) is 0 Å². The highest BCUT2D eigenvalue weighted by molar-refractivity contribution is 6.10. The van der Waals surface area contributed by atoms with E-state index in [1.165, 1.54) is 25.4 Å². The lowest BCUT2D eigenvalue weighted by Gasteiger charge is -2.03. The van der Waals surface area contributed by atoms with Gasteiger partial charge in [-0.05, 0) is 18.2 Å². The SMILES string of the molecule is COc1ccc(C(=O)c2c[nH]c(C(=O)O)c2)c(F)c1. The van der Waals surface area contributed by atoms with Crippen molar-refractivity contribution in [2.24, 2.45) is 0 Å². The zero-order valence-corrected chi connectivity index (χ0v) is 9.94. The second-order valence-corrected chi connectivity index (χ2v) is 3.78. The number of aromatic nitrogens is 1. The molecule has 0 saturated carbocycles. The number of nitrogens with one attached hydrogen (secondary N) is 1. The van der Waals surface area contributed by atoms with E-state index in [0.717, 1.165) is 12.1 Å². The summed E-state index contributed by atoms with van der Waals surface area (Å²) < 4.78 is 18.5. The Hall–Kier alpha value is -2.63. The summed E-state index contributed by atoms with van der Waals surface area (Å²) in [5.41, 5.74) is -0.185. The second-order valence-electron chi connectivity index (χ2n) is 3.78. The molecule has 6 heteroatoms. The third kappa shape index (κ3) is 2.47. The maximum atomic E-state index is 13.7. The number of ether oxygens (including phenoxy) is 1. The molecule has 0 unspecified atom stereocenters. The summed E-state index contributed by atoms with van der Waals surface area (Å²) in [5.74, 6) is -2.20. The van der Waals surface area contributed by atoms with Crippen molar-refractivity contribution in [3.05, 3.63) is 53.1 Å². The van der Waals surface area contributed by atoms with Crippen LogP contribution in [0.15, 0.2) is 30.5 Å². The van der Waals surface area contributed by atoms with Crippen molar-refractivity contribution in [3.63, 3.8) is 0 Å². The van der Waals surface area contributed by atoms with Gasteiger partial charge in [0.05, 0.1) is 12.7 Å². The summed E-state index contributed by atoms with van der Waals surface area (Å²) in [5, 5.41) is 8.74. The van der Waals surface area contributed by atoms with Gasteiger partial charge in [0.25, 0.3) is 0 Å². The molecule has 19 heavy (non-hydrogen) atoms. The first-order valence-corrected chi connectivity index (χ1v) is 5.33. The Kier molecular flexibility index (Phi) is 3.33. The summed E-state index contributed by atoms with van der Waals surface area (Å²) in [6.45, 7) is 0. The molecule has 0 bridgehead atoms. The predicted molar refractivity (Wildman–Crippen MR) is 64.1 cm³/mol. The number of rotatable bonds is 4. The van der Waals surface area contributed by atoms with Crippen LogP contribution in [0.2, 0.25) is 0 Å². The standard InChI is InChI=1S/C13H10FNO4/c1-19-8-2-3-9(10(14)5-8)12(16)7-4-11(13(17)18)15-6-7/h2-6,15H,1H3,(H,17,18). The van der Waals surface area contributed by atoms with E-state index in [-0.39, 0.29) is 16.8 Å². The van der Waals surface area contributed by atoms with Gasteiger partial charge in [0, 0.05) is 17.8 Å². The molecule has 5 nitrogen and oxygen atoms in total. The van der Waals surface area contributed by atoms with Gasteiger partial charge in [0.1, 0.15) is 17.3 Å². The van der Waals surface area contributed by atoms with Crippen LogP contribution in [0, 0.1) is 5.82 Å². The minimum Gasteiger partial charge on any atom is -0.497 e. The maximum Gasteiger partial charge on any atom is 0.352 e. The Morgan fingerprint density at radius 3 is 2.58 bits per heavy atom. The zero-order valence-electron chi connectivity index (χ0n) is 9.94. The average molecular weight is 263 g/mol. The Balaban J connectivity index is 2.35. The highest BCUT2D eigenvalue weighted by Crippen LogP contribution is 2.19. The van der Waals surface area contributed by atoms with Crippen molar-refractivity contribution in [1.82, 2.24) is 4.98 Å². The van der Waals surface area contributed by atoms with Crippen LogP contribution < -0.4 is 4.74 Å². The number of benzene rings is 1. The number of carbonyl (C=O) groups excluding carboxylic acids is 1. The van der Waals surface area contributed by atoms with Gasteiger partial charge in [0.15, 0.2) is 5.78 Å². The zero-order chi connectivity index (χ0) is 14.0. The molecule has 0 fully saturated rings. The van der Waals surface area contributed by atoms with Gasteiger partial charge >= 0.3 is 5.97 Å². The number of halogens is 1. The van der Waals surface area contributed by atoms with Gasteiger partial charge in [-0.15, -0.1) is 0 Å². The molecule has 0 saturated heterocycles. The summed E-state index contributed by atoms with van der Waals surface area (Å²) in [6.07, 6.45) is 1.23. The fourth-order valence-electron chi connectivity index (χ4n) is 1.61. The fraction of sp³-hybridized carbons (Fsp3) is 0.0769. The normalized spacial score (nSPS) is 10.2. The molecule has 0 spiro atoms. The monoisotopic (exact) mass is 263 g/mol. The van der Waals surface area contributed by atoms with Crippen LogP contribution in [0.4, 0.5) is 4.39 Å². The first-order valence-electron chi connectivity index (χ1n) is 5.33. The second kappa shape index (κ2) is 4.93. The smallest absolute Gasteiger partial charge is 0.352 e. The third-order valence-corrected chi connectivity index (χ3v) is 2.60. The van der Waals surface area contributed by atoms with Crippen LogP contribution >= 0.6 is 0 Å². The molecule has 0 aliphatic rings. The summed E-state index contributed by atoms with van der Waals surface area (Å²) in [4.78, 5) is 25.1. The van der Waals surface area contributed by atoms with Crippen LogP contribution in [0.1, 0.15) is 26.4 Å². The minimum atomic E-state index is -1.19. The Bertz CT molecular complexity index is 648. The van der Waals surface area contributed by atoms with E-state index < -0.39 is 17.6 Å². The lowest BCUT2D eigenvalue weighted by atomic mass is 10.1. The number of carbonyl (C=O) groups is 2. The van der Waals surface area contributed by atoms with E-state index in [1.807, 2.05) is 0 Å². The summed E-state index contributed by atoms with van der Waals surface area (Å²) >= 11 is 0. The number of hydrogen-bond donors (Lipinski definition) is 2.